The maximum Gasteiger partial charge on any atom is 0.416 e. The molecule has 1 atom stereocenters. The summed E-state index contributed by atoms with van der Waals surface area (Å²) in [5.41, 5.74) is -0.292. The Morgan fingerprint density at radius 2 is 1.78 bits per heavy atom. The SMILES string of the molecule is CC(C)(C)C(C=Cc1ccc(Cl)cc1Cl)N=C1NC(=S)N(c2cccc(C(F)(F)F)c2)C12CCCC2. The first kappa shape index (κ1) is 27.0. The second-order valence-electron chi connectivity index (χ2n) is 10.4. The number of hydrogen-bond acceptors (Lipinski definition) is 2. The molecule has 1 unspecified atom stereocenters. The number of nitrogens with zero attached hydrogens (tertiary/aromatic N) is 2. The Bertz CT molecular complexity index is 1210. The van der Waals surface area contributed by atoms with Crippen LogP contribution in [-0.2, 0) is 6.18 Å². The first-order valence-corrected chi connectivity index (χ1v) is 13.0. The van der Waals surface area contributed by atoms with Crippen molar-refractivity contribution in [1.82, 2.24) is 5.32 Å². The van der Waals surface area contributed by atoms with Gasteiger partial charge in [0.15, 0.2) is 5.11 Å². The average Bonchev–Trinajstić information content (AvgIpc) is 3.36. The van der Waals surface area contributed by atoms with Crippen molar-refractivity contribution in [1.29, 1.82) is 0 Å². The van der Waals surface area contributed by atoms with Crippen molar-refractivity contribution in [2.75, 3.05) is 4.90 Å². The summed E-state index contributed by atoms with van der Waals surface area (Å²) in [5.74, 6) is 0.703. The lowest BCUT2D eigenvalue weighted by molar-refractivity contribution is -0.137. The molecular weight excluding hydrogens is 526 g/mol. The van der Waals surface area contributed by atoms with Crippen molar-refractivity contribution in [2.24, 2.45) is 10.4 Å². The number of halogens is 5. The van der Waals surface area contributed by atoms with E-state index in [1.165, 1.54) is 12.1 Å². The smallest absolute Gasteiger partial charge is 0.319 e. The molecule has 2 aromatic rings. The van der Waals surface area contributed by atoms with Gasteiger partial charge in [0.05, 0.1) is 11.6 Å². The van der Waals surface area contributed by atoms with E-state index < -0.39 is 17.3 Å². The van der Waals surface area contributed by atoms with Crippen LogP contribution in [0.1, 0.15) is 57.6 Å². The van der Waals surface area contributed by atoms with Crippen LogP contribution in [0.4, 0.5) is 18.9 Å². The maximum atomic E-state index is 13.5. The zero-order valence-corrected chi connectivity index (χ0v) is 22.6. The fraction of sp³-hybridized carbons (Fsp3) is 0.407. The predicted octanol–water partition coefficient (Wildman–Crippen LogP) is 8.55. The number of amidine groups is 1. The lowest BCUT2D eigenvalue weighted by Gasteiger charge is -2.36. The minimum absolute atomic E-state index is 0.241. The first-order valence-electron chi connectivity index (χ1n) is 11.8. The number of aliphatic imine (C=N–C) groups is 1. The number of anilines is 1. The number of rotatable bonds is 4. The summed E-state index contributed by atoms with van der Waals surface area (Å²) in [6, 6.07) is 10.4. The fourth-order valence-electron chi connectivity index (χ4n) is 4.83. The maximum absolute atomic E-state index is 13.5. The molecule has 3 nitrogen and oxygen atoms in total. The van der Waals surface area contributed by atoms with Crippen molar-refractivity contribution in [3.8, 4) is 0 Å². The van der Waals surface area contributed by atoms with E-state index in [0.717, 1.165) is 37.3 Å². The zero-order valence-electron chi connectivity index (χ0n) is 20.3. The van der Waals surface area contributed by atoms with Crippen molar-refractivity contribution in [2.45, 2.75) is 64.2 Å². The van der Waals surface area contributed by atoms with Crippen LogP contribution in [-0.4, -0.2) is 22.5 Å². The Balaban J connectivity index is 1.75. The van der Waals surface area contributed by atoms with Gasteiger partial charge in [0.1, 0.15) is 11.4 Å². The molecule has 2 aliphatic rings. The van der Waals surface area contributed by atoms with Crippen LogP contribution in [0.3, 0.4) is 0 Å². The van der Waals surface area contributed by atoms with E-state index in [9.17, 15) is 13.2 Å². The molecular formula is C27H28Cl2F3N3S. The highest BCUT2D eigenvalue weighted by Gasteiger charge is 2.52. The topological polar surface area (TPSA) is 27.6 Å². The Hall–Kier alpha value is -2.09. The molecule has 36 heavy (non-hydrogen) atoms. The Morgan fingerprint density at radius 3 is 2.39 bits per heavy atom. The van der Waals surface area contributed by atoms with Crippen LogP contribution < -0.4 is 10.2 Å². The van der Waals surface area contributed by atoms with E-state index in [2.05, 4.69) is 26.1 Å². The molecule has 1 aliphatic heterocycles. The monoisotopic (exact) mass is 553 g/mol. The highest BCUT2D eigenvalue weighted by atomic mass is 35.5. The van der Waals surface area contributed by atoms with E-state index in [1.54, 1.807) is 18.2 Å². The van der Waals surface area contributed by atoms with Gasteiger partial charge in [0.25, 0.3) is 0 Å². The van der Waals surface area contributed by atoms with Crippen molar-refractivity contribution < 1.29 is 13.2 Å². The van der Waals surface area contributed by atoms with Crippen LogP contribution in [0.15, 0.2) is 53.5 Å². The highest BCUT2D eigenvalue weighted by molar-refractivity contribution is 7.80. The van der Waals surface area contributed by atoms with Crippen LogP contribution in [0, 0.1) is 5.41 Å². The minimum atomic E-state index is -4.43. The molecule has 4 rings (SSSR count). The van der Waals surface area contributed by atoms with Crippen molar-refractivity contribution in [3.05, 3.63) is 69.7 Å². The molecule has 0 amide bonds. The fourth-order valence-corrected chi connectivity index (χ4v) is 5.68. The average molecular weight is 555 g/mol. The van der Waals surface area contributed by atoms with Gasteiger partial charge in [-0.1, -0.05) is 81.1 Å². The Labute approximate surface area is 225 Å². The molecule has 1 saturated heterocycles. The zero-order chi connectivity index (χ0) is 26.3. The standard InChI is InChI=1S/C27H28Cl2F3N3S/c1-25(2,3)22(12-10-17-9-11-19(28)16-21(17)29)33-23-26(13-4-5-14-26)35(24(36)34-23)20-8-6-7-18(15-20)27(30,31)32/h6-12,15-16,22H,4-5,13-14H2,1-3H3,(H,33,34,36). The third kappa shape index (κ3) is 5.43. The molecule has 0 bridgehead atoms. The van der Waals surface area contributed by atoms with Gasteiger partial charge < -0.3 is 10.2 Å². The molecule has 2 aromatic carbocycles. The van der Waals surface area contributed by atoms with Crippen LogP contribution in [0.25, 0.3) is 6.08 Å². The van der Waals surface area contributed by atoms with E-state index in [1.807, 2.05) is 23.1 Å². The molecule has 1 heterocycles. The lowest BCUT2D eigenvalue weighted by atomic mass is 9.86. The summed E-state index contributed by atoms with van der Waals surface area (Å²) in [7, 11) is 0. The summed E-state index contributed by atoms with van der Waals surface area (Å²) in [5, 5.41) is 4.73. The van der Waals surface area contributed by atoms with Gasteiger partial charge in [0.2, 0.25) is 0 Å². The summed E-state index contributed by atoms with van der Waals surface area (Å²) < 4.78 is 40.4. The molecule has 9 heteroatoms. The summed E-state index contributed by atoms with van der Waals surface area (Å²) in [6.07, 6.45) is 2.87. The van der Waals surface area contributed by atoms with Crippen LogP contribution >= 0.6 is 35.4 Å². The van der Waals surface area contributed by atoms with E-state index >= 15 is 0 Å². The van der Waals surface area contributed by atoms with Crippen molar-refractivity contribution in [3.63, 3.8) is 0 Å². The highest BCUT2D eigenvalue weighted by Crippen LogP contribution is 2.44. The molecule has 192 valence electrons. The Kier molecular flexibility index (Phi) is 7.48. The third-order valence-electron chi connectivity index (χ3n) is 6.74. The number of alkyl halides is 3. The number of nitrogens with one attached hydrogen (secondary N) is 1. The van der Waals surface area contributed by atoms with Crippen molar-refractivity contribution >= 4 is 58.1 Å². The molecule has 0 aromatic heterocycles. The second-order valence-corrected chi connectivity index (χ2v) is 11.6. The van der Waals surface area contributed by atoms with Gasteiger partial charge in [-0.25, -0.2) is 0 Å². The largest absolute Gasteiger partial charge is 0.416 e. The molecule has 0 radical (unpaired) electrons. The number of hydrogen-bond donors (Lipinski definition) is 1. The predicted molar refractivity (Wildman–Crippen MR) is 147 cm³/mol. The van der Waals surface area contributed by atoms with Gasteiger partial charge in [-0.2, -0.15) is 13.2 Å². The van der Waals surface area contributed by atoms with E-state index in [0.29, 0.717) is 26.7 Å². The minimum Gasteiger partial charge on any atom is -0.319 e. The number of benzene rings is 2. The third-order valence-corrected chi connectivity index (χ3v) is 7.58. The summed E-state index contributed by atoms with van der Waals surface area (Å²) >= 11 is 18.1. The van der Waals surface area contributed by atoms with Gasteiger partial charge in [-0.05, 0) is 66.4 Å². The summed E-state index contributed by atoms with van der Waals surface area (Å²) in [4.78, 5) is 6.98. The van der Waals surface area contributed by atoms with Gasteiger partial charge >= 0.3 is 6.18 Å². The molecule has 1 aliphatic carbocycles. The second kappa shape index (κ2) is 9.99. The number of thiocarbonyl (C=S) groups is 1. The normalized spacial score (nSPS) is 20.1. The lowest BCUT2D eigenvalue weighted by Crippen LogP contribution is -2.48. The quantitative estimate of drug-likeness (QED) is 0.384. The summed E-state index contributed by atoms with van der Waals surface area (Å²) in [6.45, 7) is 6.28. The van der Waals surface area contributed by atoms with Crippen LogP contribution in [0.2, 0.25) is 10.0 Å². The molecule has 1 saturated carbocycles. The van der Waals surface area contributed by atoms with Crippen LogP contribution in [0.5, 0.6) is 0 Å². The first-order chi connectivity index (χ1) is 16.8. The van der Waals surface area contributed by atoms with Gasteiger partial charge in [-0.3, -0.25) is 4.99 Å². The molecule has 2 fully saturated rings. The van der Waals surface area contributed by atoms with E-state index in [-0.39, 0.29) is 11.5 Å². The van der Waals surface area contributed by atoms with Gasteiger partial charge in [-0.15, -0.1) is 0 Å². The Morgan fingerprint density at radius 1 is 1.08 bits per heavy atom. The molecule has 1 spiro atoms. The van der Waals surface area contributed by atoms with E-state index in [4.69, 9.17) is 40.4 Å². The molecule has 1 N–H and O–H groups in total. The van der Waals surface area contributed by atoms with Gasteiger partial charge in [0, 0.05) is 15.7 Å².